The number of rotatable bonds is 6. The Kier molecular flexibility index (Phi) is 4.89. The quantitative estimate of drug-likeness (QED) is 0.526. The van der Waals surface area contributed by atoms with Crippen molar-refractivity contribution in [3.63, 3.8) is 0 Å². The van der Waals surface area contributed by atoms with E-state index in [1.165, 1.54) is 0 Å². The highest BCUT2D eigenvalue weighted by molar-refractivity contribution is 5.92. The number of esters is 1. The van der Waals surface area contributed by atoms with Gasteiger partial charge in [0, 0.05) is 11.9 Å². The molecule has 0 saturated carbocycles. The Morgan fingerprint density at radius 3 is 2.22 bits per heavy atom. The monoisotopic (exact) mass is 257 g/mol. The minimum atomic E-state index is -1.20. The summed E-state index contributed by atoms with van der Waals surface area (Å²) in [5.41, 5.74) is 0.700. The third-order valence-corrected chi connectivity index (χ3v) is 2.99. The molecule has 0 radical (unpaired) electrons. The predicted octanol–water partition coefficient (Wildman–Crippen LogP) is -0.248. The number of H-pyrrole nitrogens is 1. The fourth-order valence-corrected chi connectivity index (χ4v) is 1.55. The highest BCUT2D eigenvalue weighted by Gasteiger charge is 2.30. The molecule has 0 aliphatic rings. The summed E-state index contributed by atoms with van der Waals surface area (Å²) in [6.07, 6.45) is 1.70. The van der Waals surface area contributed by atoms with Gasteiger partial charge in [-0.1, -0.05) is 0 Å². The smallest absolute Gasteiger partial charge is 0.340 e. The number of aromatic nitrogens is 1. The first kappa shape index (κ1) is 14.7. The Labute approximate surface area is 105 Å². The highest BCUT2D eigenvalue weighted by atomic mass is 16.5. The van der Waals surface area contributed by atoms with Crippen LogP contribution in [0.2, 0.25) is 0 Å². The molecule has 18 heavy (non-hydrogen) atoms. The average Bonchev–Trinajstić information content (AvgIpc) is 2.71. The van der Waals surface area contributed by atoms with Crippen LogP contribution >= 0.6 is 0 Å². The van der Waals surface area contributed by atoms with Gasteiger partial charge in [-0.2, -0.15) is 0 Å². The van der Waals surface area contributed by atoms with Crippen LogP contribution in [0.4, 0.5) is 0 Å². The Hall–Kier alpha value is -1.37. The van der Waals surface area contributed by atoms with Gasteiger partial charge in [-0.05, 0) is 19.4 Å². The Morgan fingerprint density at radius 1 is 1.28 bits per heavy atom. The molecule has 1 aromatic rings. The molecule has 0 amide bonds. The molecule has 0 unspecified atom stereocenters. The predicted molar refractivity (Wildman–Crippen MR) is 64.2 cm³/mol. The van der Waals surface area contributed by atoms with Crippen molar-refractivity contribution in [1.29, 1.82) is 0 Å². The molecular weight excluding hydrogens is 238 g/mol. The summed E-state index contributed by atoms with van der Waals surface area (Å²) < 4.78 is 5.05. The molecule has 0 fully saturated rings. The number of ether oxygens (including phenoxy) is 1. The maximum atomic E-state index is 11.9. The first-order chi connectivity index (χ1) is 8.49. The van der Waals surface area contributed by atoms with E-state index in [4.69, 9.17) is 20.1 Å². The van der Waals surface area contributed by atoms with E-state index in [1.54, 1.807) is 20.0 Å². The Bertz CT molecular complexity index is 381. The Balaban J connectivity index is 2.72. The molecule has 6 nitrogen and oxygen atoms in total. The minimum absolute atomic E-state index is 0.237. The van der Waals surface area contributed by atoms with Gasteiger partial charge in [0.05, 0.1) is 30.8 Å². The molecule has 6 heteroatoms. The number of hydrogen-bond donors (Lipinski definition) is 4. The van der Waals surface area contributed by atoms with Gasteiger partial charge in [0.25, 0.3) is 0 Å². The molecule has 0 aromatic carbocycles. The molecule has 102 valence electrons. The van der Waals surface area contributed by atoms with Crippen LogP contribution in [0, 0.1) is 19.3 Å². The highest BCUT2D eigenvalue weighted by Crippen LogP contribution is 2.18. The molecule has 0 atom stereocenters. The molecule has 4 N–H and O–H groups in total. The van der Waals surface area contributed by atoms with E-state index in [2.05, 4.69) is 4.98 Å². The second kappa shape index (κ2) is 5.99. The van der Waals surface area contributed by atoms with Gasteiger partial charge >= 0.3 is 5.97 Å². The number of aromatic amines is 1. The number of hydrogen-bond acceptors (Lipinski definition) is 5. The molecular formula is C12H19NO5. The van der Waals surface area contributed by atoms with Crippen LogP contribution in [0.5, 0.6) is 0 Å². The SMILES string of the molecule is Cc1c[nH]c(C)c1C(=O)OCC(CO)(CO)CO. The van der Waals surface area contributed by atoms with E-state index < -0.39 is 31.2 Å². The summed E-state index contributed by atoms with van der Waals surface area (Å²) >= 11 is 0. The number of nitrogens with one attached hydrogen (secondary N) is 1. The number of aliphatic hydroxyl groups is 3. The van der Waals surface area contributed by atoms with E-state index in [9.17, 15) is 4.79 Å². The number of carbonyl (C=O) groups excluding carboxylic acids is 1. The van der Waals surface area contributed by atoms with Gasteiger partial charge in [-0.25, -0.2) is 4.79 Å². The fraction of sp³-hybridized carbons (Fsp3) is 0.583. The zero-order valence-corrected chi connectivity index (χ0v) is 10.6. The van der Waals surface area contributed by atoms with Gasteiger partial charge in [0.2, 0.25) is 0 Å². The second-order valence-electron chi connectivity index (χ2n) is 4.52. The molecule has 0 aliphatic heterocycles. The van der Waals surface area contributed by atoms with Gasteiger partial charge in [-0.15, -0.1) is 0 Å². The lowest BCUT2D eigenvalue weighted by atomic mass is 9.92. The molecule has 0 saturated heterocycles. The van der Waals surface area contributed by atoms with Crippen molar-refractivity contribution < 1.29 is 24.9 Å². The van der Waals surface area contributed by atoms with Gasteiger partial charge in [0.15, 0.2) is 0 Å². The summed E-state index contributed by atoms with van der Waals surface area (Å²) in [7, 11) is 0. The third kappa shape index (κ3) is 2.90. The summed E-state index contributed by atoms with van der Waals surface area (Å²) in [5.74, 6) is -0.536. The lowest BCUT2D eigenvalue weighted by molar-refractivity contribution is -0.0441. The van der Waals surface area contributed by atoms with Gasteiger partial charge < -0.3 is 25.0 Å². The van der Waals surface area contributed by atoms with Crippen molar-refractivity contribution >= 4 is 5.97 Å². The van der Waals surface area contributed by atoms with Crippen LogP contribution in [-0.2, 0) is 4.74 Å². The topological polar surface area (TPSA) is 103 Å². The van der Waals surface area contributed by atoms with E-state index >= 15 is 0 Å². The van der Waals surface area contributed by atoms with Crippen LogP contribution in [0.15, 0.2) is 6.20 Å². The van der Waals surface area contributed by atoms with E-state index in [1.807, 2.05) is 0 Å². The van der Waals surface area contributed by atoms with Crippen molar-refractivity contribution in [2.75, 3.05) is 26.4 Å². The van der Waals surface area contributed by atoms with Gasteiger partial charge in [0.1, 0.15) is 6.61 Å². The average molecular weight is 257 g/mol. The second-order valence-corrected chi connectivity index (χ2v) is 4.52. The minimum Gasteiger partial charge on any atom is -0.461 e. The number of aryl methyl sites for hydroxylation is 2. The zero-order chi connectivity index (χ0) is 13.8. The normalized spacial score (nSPS) is 11.6. The van der Waals surface area contributed by atoms with Crippen LogP contribution in [0.1, 0.15) is 21.6 Å². The van der Waals surface area contributed by atoms with Crippen LogP contribution < -0.4 is 0 Å². The van der Waals surface area contributed by atoms with Gasteiger partial charge in [-0.3, -0.25) is 0 Å². The summed E-state index contributed by atoms with van der Waals surface area (Å²) in [5, 5.41) is 27.3. The fourth-order valence-electron chi connectivity index (χ4n) is 1.55. The van der Waals surface area contributed by atoms with Crippen LogP contribution in [0.3, 0.4) is 0 Å². The molecule has 0 spiro atoms. The van der Waals surface area contributed by atoms with Crippen molar-refractivity contribution in [3.05, 3.63) is 23.0 Å². The maximum Gasteiger partial charge on any atom is 0.340 e. The van der Waals surface area contributed by atoms with Crippen LogP contribution in [-0.4, -0.2) is 52.7 Å². The maximum absolute atomic E-state index is 11.9. The van der Waals surface area contributed by atoms with Crippen molar-refractivity contribution in [3.8, 4) is 0 Å². The Morgan fingerprint density at radius 2 is 1.83 bits per heavy atom. The van der Waals surface area contributed by atoms with Crippen molar-refractivity contribution in [1.82, 2.24) is 4.98 Å². The molecule has 0 bridgehead atoms. The standard InChI is InChI=1S/C12H19NO5/c1-8-3-13-9(2)10(8)11(17)18-7-12(4-14,5-15)6-16/h3,13-16H,4-7H2,1-2H3. The lowest BCUT2D eigenvalue weighted by Crippen LogP contribution is -2.39. The number of aliphatic hydroxyl groups excluding tert-OH is 3. The largest absolute Gasteiger partial charge is 0.461 e. The summed E-state index contributed by atoms with van der Waals surface area (Å²) in [6.45, 7) is 1.91. The molecule has 1 rings (SSSR count). The van der Waals surface area contributed by atoms with E-state index in [0.29, 0.717) is 11.3 Å². The summed E-state index contributed by atoms with van der Waals surface area (Å²) in [4.78, 5) is 14.8. The van der Waals surface area contributed by atoms with E-state index in [-0.39, 0.29) is 6.61 Å². The number of carbonyl (C=O) groups is 1. The third-order valence-electron chi connectivity index (χ3n) is 2.99. The lowest BCUT2D eigenvalue weighted by Gasteiger charge is -2.26. The van der Waals surface area contributed by atoms with Crippen molar-refractivity contribution in [2.24, 2.45) is 5.41 Å². The van der Waals surface area contributed by atoms with Crippen molar-refractivity contribution in [2.45, 2.75) is 13.8 Å². The van der Waals surface area contributed by atoms with E-state index in [0.717, 1.165) is 5.56 Å². The molecule has 1 aromatic heterocycles. The van der Waals surface area contributed by atoms with Crippen LogP contribution in [0.25, 0.3) is 0 Å². The molecule has 1 heterocycles. The first-order valence-electron chi connectivity index (χ1n) is 5.64. The summed E-state index contributed by atoms with van der Waals surface area (Å²) in [6, 6.07) is 0. The zero-order valence-electron chi connectivity index (χ0n) is 10.6. The molecule has 0 aliphatic carbocycles. The first-order valence-corrected chi connectivity index (χ1v) is 5.64.